The van der Waals surface area contributed by atoms with E-state index in [-0.39, 0.29) is 12.5 Å². The Morgan fingerprint density at radius 1 is 1.19 bits per heavy atom. The summed E-state index contributed by atoms with van der Waals surface area (Å²) in [6, 6.07) is 9.85. The smallest absolute Gasteiger partial charge is 0.255 e. The third-order valence-corrected chi connectivity index (χ3v) is 3.73. The number of carbonyl (C=O) groups excluding carboxylic acids is 1. The molecule has 0 aliphatic carbocycles. The number of benzene rings is 1. The van der Waals surface area contributed by atoms with Crippen LogP contribution >= 0.6 is 0 Å². The lowest BCUT2D eigenvalue weighted by atomic mass is 10.1. The van der Waals surface area contributed by atoms with E-state index in [0.29, 0.717) is 35.3 Å². The van der Waals surface area contributed by atoms with Crippen molar-refractivity contribution < 1.29 is 9.32 Å². The van der Waals surface area contributed by atoms with Gasteiger partial charge in [-0.1, -0.05) is 35.5 Å². The van der Waals surface area contributed by atoms with Gasteiger partial charge in [0, 0.05) is 20.3 Å². The van der Waals surface area contributed by atoms with Crippen molar-refractivity contribution in [3.63, 3.8) is 0 Å². The highest BCUT2D eigenvalue weighted by Crippen LogP contribution is 2.10. The Bertz CT molecular complexity index is 892. The van der Waals surface area contributed by atoms with Gasteiger partial charge in [0.05, 0.1) is 24.2 Å². The van der Waals surface area contributed by atoms with E-state index in [2.05, 4.69) is 25.4 Å². The lowest BCUT2D eigenvalue weighted by Crippen LogP contribution is -2.25. The Labute approximate surface area is 151 Å². The minimum Gasteiger partial charge on any atom is -0.347 e. The van der Waals surface area contributed by atoms with Gasteiger partial charge >= 0.3 is 0 Å². The van der Waals surface area contributed by atoms with Gasteiger partial charge in [-0.3, -0.25) is 4.79 Å². The first kappa shape index (κ1) is 17.5. The molecule has 0 saturated heterocycles. The first-order valence-corrected chi connectivity index (χ1v) is 8.17. The minimum absolute atomic E-state index is 0.173. The molecule has 2 aromatic heterocycles. The van der Waals surface area contributed by atoms with Crippen LogP contribution < -0.4 is 10.2 Å². The fourth-order valence-corrected chi connectivity index (χ4v) is 2.35. The summed E-state index contributed by atoms with van der Waals surface area (Å²) in [5.41, 5.74) is 2.11. The molecule has 0 bridgehead atoms. The largest absolute Gasteiger partial charge is 0.347 e. The van der Waals surface area contributed by atoms with Gasteiger partial charge in [-0.2, -0.15) is 4.98 Å². The van der Waals surface area contributed by atoms with E-state index in [1.165, 1.54) is 6.20 Å². The number of rotatable bonds is 6. The number of aryl methyl sites for hydroxylation is 1. The SMILES string of the molecule is Cc1nc(N(C)C)ncc1C(=O)NCc1noc(Cc2ccccc2)n1. The summed E-state index contributed by atoms with van der Waals surface area (Å²) in [5, 5.41) is 6.66. The summed E-state index contributed by atoms with van der Waals surface area (Å²) < 4.78 is 5.23. The molecule has 1 amide bonds. The van der Waals surface area contributed by atoms with Gasteiger partial charge in [0.25, 0.3) is 5.91 Å². The predicted octanol–water partition coefficient (Wildman–Crippen LogP) is 1.75. The quantitative estimate of drug-likeness (QED) is 0.722. The Hall–Kier alpha value is -3.29. The highest BCUT2D eigenvalue weighted by molar-refractivity contribution is 5.94. The maximum atomic E-state index is 12.3. The molecule has 0 aliphatic rings. The number of nitrogens with zero attached hydrogens (tertiary/aromatic N) is 5. The average Bonchev–Trinajstić information content (AvgIpc) is 3.07. The van der Waals surface area contributed by atoms with E-state index >= 15 is 0 Å². The maximum Gasteiger partial charge on any atom is 0.255 e. The third-order valence-electron chi connectivity index (χ3n) is 3.73. The lowest BCUT2D eigenvalue weighted by Gasteiger charge is -2.12. The van der Waals surface area contributed by atoms with Crippen LogP contribution in [0, 0.1) is 6.92 Å². The number of carbonyl (C=O) groups is 1. The lowest BCUT2D eigenvalue weighted by molar-refractivity contribution is 0.0948. The zero-order chi connectivity index (χ0) is 18.5. The molecule has 0 unspecified atom stereocenters. The van der Waals surface area contributed by atoms with Gasteiger partial charge in [-0.15, -0.1) is 0 Å². The molecule has 0 atom stereocenters. The minimum atomic E-state index is -0.276. The van der Waals surface area contributed by atoms with E-state index in [1.54, 1.807) is 11.8 Å². The van der Waals surface area contributed by atoms with Gasteiger partial charge in [0.15, 0.2) is 5.82 Å². The second-order valence-electron chi connectivity index (χ2n) is 6.01. The summed E-state index contributed by atoms with van der Waals surface area (Å²) in [6.45, 7) is 1.95. The second kappa shape index (κ2) is 7.73. The zero-order valence-corrected chi connectivity index (χ0v) is 14.9. The number of aromatic nitrogens is 4. The molecule has 0 radical (unpaired) electrons. The van der Waals surface area contributed by atoms with Gasteiger partial charge < -0.3 is 14.7 Å². The highest BCUT2D eigenvalue weighted by atomic mass is 16.5. The standard InChI is InChI=1S/C18H20N6O2/c1-12-14(10-20-18(21-12)24(2)3)17(25)19-11-15-22-16(26-23-15)9-13-7-5-4-6-8-13/h4-8,10H,9,11H2,1-3H3,(H,19,25). The molecule has 0 aliphatic heterocycles. The fraction of sp³-hybridized carbons (Fsp3) is 0.278. The van der Waals surface area contributed by atoms with Crippen molar-refractivity contribution in [2.75, 3.05) is 19.0 Å². The first-order valence-electron chi connectivity index (χ1n) is 8.17. The van der Waals surface area contributed by atoms with Crippen molar-refractivity contribution in [2.24, 2.45) is 0 Å². The fourth-order valence-electron chi connectivity index (χ4n) is 2.35. The van der Waals surface area contributed by atoms with Crippen LogP contribution in [0.4, 0.5) is 5.95 Å². The predicted molar refractivity (Wildman–Crippen MR) is 95.8 cm³/mol. The monoisotopic (exact) mass is 352 g/mol. The summed E-state index contributed by atoms with van der Waals surface area (Å²) in [6.07, 6.45) is 2.07. The van der Waals surface area contributed by atoms with Crippen LogP contribution in [0.2, 0.25) is 0 Å². The molecule has 8 heteroatoms. The molecule has 2 heterocycles. The third kappa shape index (κ3) is 4.21. The van der Waals surface area contributed by atoms with Crippen molar-refractivity contribution in [1.29, 1.82) is 0 Å². The van der Waals surface area contributed by atoms with Crippen LogP contribution in [0.25, 0.3) is 0 Å². The van der Waals surface area contributed by atoms with Crippen LogP contribution in [0.1, 0.15) is 33.3 Å². The van der Waals surface area contributed by atoms with Crippen molar-refractivity contribution in [2.45, 2.75) is 19.9 Å². The normalized spacial score (nSPS) is 10.6. The van der Waals surface area contributed by atoms with Gasteiger partial charge in [-0.05, 0) is 12.5 Å². The topological polar surface area (TPSA) is 97.0 Å². The molecule has 0 spiro atoms. The molecule has 3 aromatic rings. The Morgan fingerprint density at radius 3 is 2.65 bits per heavy atom. The van der Waals surface area contributed by atoms with E-state index in [4.69, 9.17) is 4.52 Å². The van der Waals surface area contributed by atoms with Crippen LogP contribution in [-0.2, 0) is 13.0 Å². The number of anilines is 1. The number of hydrogen-bond donors (Lipinski definition) is 1. The van der Waals surface area contributed by atoms with Crippen LogP contribution in [0.15, 0.2) is 41.1 Å². The van der Waals surface area contributed by atoms with Crippen molar-refractivity contribution >= 4 is 11.9 Å². The molecule has 0 fully saturated rings. The highest BCUT2D eigenvalue weighted by Gasteiger charge is 2.14. The summed E-state index contributed by atoms with van der Waals surface area (Å²) >= 11 is 0. The first-order chi connectivity index (χ1) is 12.5. The van der Waals surface area contributed by atoms with E-state index in [9.17, 15) is 4.79 Å². The molecule has 3 rings (SSSR count). The van der Waals surface area contributed by atoms with E-state index < -0.39 is 0 Å². The molecule has 8 nitrogen and oxygen atoms in total. The second-order valence-corrected chi connectivity index (χ2v) is 6.01. The average molecular weight is 352 g/mol. The summed E-state index contributed by atoms with van der Waals surface area (Å²) in [5.74, 6) is 1.22. The number of hydrogen-bond acceptors (Lipinski definition) is 7. The summed E-state index contributed by atoms with van der Waals surface area (Å²) in [7, 11) is 3.69. The van der Waals surface area contributed by atoms with E-state index in [1.807, 2.05) is 44.4 Å². The molecule has 26 heavy (non-hydrogen) atoms. The van der Waals surface area contributed by atoms with Crippen molar-refractivity contribution in [1.82, 2.24) is 25.4 Å². The Balaban J connectivity index is 1.60. The van der Waals surface area contributed by atoms with Crippen LogP contribution in [-0.4, -0.2) is 40.1 Å². The molecule has 1 N–H and O–H groups in total. The zero-order valence-electron chi connectivity index (χ0n) is 14.9. The number of amides is 1. The van der Waals surface area contributed by atoms with Crippen LogP contribution in [0.3, 0.4) is 0 Å². The van der Waals surface area contributed by atoms with Gasteiger partial charge in [0.2, 0.25) is 11.8 Å². The van der Waals surface area contributed by atoms with Crippen molar-refractivity contribution in [3.8, 4) is 0 Å². The summed E-state index contributed by atoms with van der Waals surface area (Å²) in [4.78, 5) is 26.9. The number of nitrogens with one attached hydrogen (secondary N) is 1. The van der Waals surface area contributed by atoms with Crippen LogP contribution in [0.5, 0.6) is 0 Å². The molecule has 1 aromatic carbocycles. The maximum absolute atomic E-state index is 12.3. The molecular formula is C18H20N6O2. The Kier molecular flexibility index (Phi) is 5.21. The molecule has 0 saturated carbocycles. The van der Waals surface area contributed by atoms with E-state index in [0.717, 1.165) is 5.56 Å². The molecule has 134 valence electrons. The Morgan fingerprint density at radius 2 is 1.96 bits per heavy atom. The molecular weight excluding hydrogens is 332 g/mol. The van der Waals surface area contributed by atoms with Gasteiger partial charge in [-0.25, -0.2) is 9.97 Å². The van der Waals surface area contributed by atoms with Crippen molar-refractivity contribution in [3.05, 3.63) is 65.1 Å². The van der Waals surface area contributed by atoms with Gasteiger partial charge in [0.1, 0.15) is 0 Å².